The van der Waals surface area contributed by atoms with Gasteiger partial charge in [0.05, 0.1) is 24.4 Å². The molecule has 2 heterocycles. The lowest BCUT2D eigenvalue weighted by Gasteiger charge is -2.17. The first-order chi connectivity index (χ1) is 12.1. The average Bonchev–Trinajstić information content (AvgIpc) is 3.07. The second-order valence-electron chi connectivity index (χ2n) is 5.87. The molecule has 0 unspecified atom stereocenters. The fourth-order valence-corrected chi connectivity index (χ4v) is 3.32. The molecular formula is C16H18N6O2S. The maximum atomic E-state index is 12.0. The lowest BCUT2D eigenvalue weighted by atomic mass is 9.95. The molecule has 1 aliphatic rings. The van der Waals surface area contributed by atoms with Gasteiger partial charge in [0, 0.05) is 11.4 Å². The van der Waals surface area contributed by atoms with Crippen molar-refractivity contribution in [1.29, 1.82) is 5.26 Å². The molecule has 0 saturated heterocycles. The van der Waals surface area contributed by atoms with Gasteiger partial charge in [0.25, 0.3) is 6.20 Å². The van der Waals surface area contributed by atoms with Crippen molar-refractivity contribution in [3.8, 4) is 6.07 Å². The molecule has 25 heavy (non-hydrogen) atoms. The summed E-state index contributed by atoms with van der Waals surface area (Å²) >= 11 is 1.23. The molecule has 130 valence electrons. The molecule has 2 aromatic heterocycles. The van der Waals surface area contributed by atoms with Crippen molar-refractivity contribution in [2.24, 2.45) is 4.99 Å². The van der Waals surface area contributed by atoms with Crippen LogP contribution in [0.3, 0.4) is 0 Å². The van der Waals surface area contributed by atoms with E-state index in [9.17, 15) is 10.4 Å². The number of aliphatic imine (C=N–C) groups is 1. The first-order valence-corrected chi connectivity index (χ1v) is 8.92. The third-order valence-corrected chi connectivity index (χ3v) is 4.78. The largest absolute Gasteiger partial charge is 0.861 e. The first-order valence-electron chi connectivity index (χ1n) is 7.93. The lowest BCUT2D eigenvalue weighted by molar-refractivity contribution is -0.753. The topological polar surface area (TPSA) is 105 Å². The summed E-state index contributed by atoms with van der Waals surface area (Å²) in [5.74, 6) is -0.142. The van der Waals surface area contributed by atoms with E-state index in [0.717, 1.165) is 36.9 Å². The molecule has 0 radical (unpaired) electrons. The SMILES string of the molecule is CN(C)[n+]1cc(/N=C(\[O-])CSc2nc3c(cc2C#N)CCCC3)on1. The Bertz CT molecular complexity index is 840. The van der Waals surface area contributed by atoms with Crippen LogP contribution in [-0.4, -0.2) is 36.0 Å². The quantitative estimate of drug-likeness (QED) is 0.331. The molecule has 0 atom stereocenters. The van der Waals surface area contributed by atoms with E-state index in [2.05, 4.69) is 21.3 Å². The Balaban J connectivity index is 1.72. The minimum Gasteiger partial charge on any atom is -0.861 e. The van der Waals surface area contributed by atoms with E-state index in [4.69, 9.17) is 4.52 Å². The molecule has 8 nitrogen and oxygen atoms in total. The van der Waals surface area contributed by atoms with Crippen LogP contribution >= 0.6 is 11.8 Å². The maximum Gasteiger partial charge on any atom is 0.324 e. The molecule has 0 bridgehead atoms. The third kappa shape index (κ3) is 4.09. The summed E-state index contributed by atoms with van der Waals surface area (Å²) in [4.78, 5) is 9.89. The van der Waals surface area contributed by atoms with Gasteiger partial charge in [0.2, 0.25) is 5.27 Å². The van der Waals surface area contributed by atoms with Gasteiger partial charge in [-0.25, -0.2) is 9.98 Å². The van der Waals surface area contributed by atoms with Gasteiger partial charge in [-0.3, -0.25) is 4.52 Å². The summed E-state index contributed by atoms with van der Waals surface area (Å²) in [6, 6.07) is 4.08. The van der Waals surface area contributed by atoms with E-state index in [0.29, 0.717) is 10.6 Å². The molecule has 3 rings (SSSR count). The number of fused-ring (bicyclic) bond motifs is 1. The number of nitriles is 1. The Kier molecular flexibility index (Phi) is 5.19. The Morgan fingerprint density at radius 3 is 3.00 bits per heavy atom. The van der Waals surface area contributed by atoms with Crippen molar-refractivity contribution in [1.82, 2.24) is 10.3 Å². The number of aryl methyl sites for hydroxylation is 2. The van der Waals surface area contributed by atoms with Crippen molar-refractivity contribution in [2.75, 3.05) is 24.9 Å². The van der Waals surface area contributed by atoms with Crippen molar-refractivity contribution in [3.05, 3.63) is 29.1 Å². The highest BCUT2D eigenvalue weighted by atomic mass is 32.2. The average molecular weight is 358 g/mol. The van der Waals surface area contributed by atoms with Crippen LogP contribution in [-0.2, 0) is 12.8 Å². The number of rotatable bonds is 5. The standard InChI is InChI=1S/C16H18N6O2S/c1-21(2)22-9-15(24-20-22)19-14(23)10-25-16-12(8-17)7-11-5-3-4-6-13(11)18-16/h7,9H,3-6,10H2,1-2H3. The van der Waals surface area contributed by atoms with Crippen molar-refractivity contribution < 1.29 is 14.4 Å². The molecule has 2 aromatic rings. The third-order valence-electron chi connectivity index (χ3n) is 3.81. The minimum absolute atomic E-state index is 0.0864. The number of nitrogens with zero attached hydrogens (tertiary/aromatic N) is 6. The molecular weight excluding hydrogens is 340 g/mol. The molecule has 9 heteroatoms. The van der Waals surface area contributed by atoms with E-state index in [1.165, 1.54) is 22.7 Å². The van der Waals surface area contributed by atoms with Crippen LogP contribution in [0.5, 0.6) is 0 Å². The Labute approximate surface area is 149 Å². The highest BCUT2D eigenvalue weighted by Gasteiger charge is 2.16. The normalized spacial score (nSPS) is 14.0. The zero-order valence-electron chi connectivity index (χ0n) is 14.1. The number of hydrogen-bond acceptors (Lipinski definition) is 8. The summed E-state index contributed by atoms with van der Waals surface area (Å²) < 4.78 is 4.97. The summed E-state index contributed by atoms with van der Waals surface area (Å²) in [6.45, 7) is 0. The van der Waals surface area contributed by atoms with Gasteiger partial charge < -0.3 is 5.11 Å². The minimum atomic E-state index is -0.365. The molecule has 0 aliphatic heterocycles. The van der Waals surface area contributed by atoms with E-state index < -0.39 is 0 Å². The highest BCUT2D eigenvalue weighted by Crippen LogP contribution is 2.27. The first kappa shape index (κ1) is 17.2. The fourth-order valence-electron chi connectivity index (χ4n) is 2.56. The van der Waals surface area contributed by atoms with Gasteiger partial charge in [0.15, 0.2) is 0 Å². The Hall–Kier alpha value is -2.60. The molecule has 0 fully saturated rings. The molecule has 0 spiro atoms. The zero-order valence-corrected chi connectivity index (χ0v) is 14.9. The Morgan fingerprint density at radius 1 is 1.48 bits per heavy atom. The monoisotopic (exact) mass is 358 g/mol. The summed E-state index contributed by atoms with van der Waals surface area (Å²) in [5.41, 5.74) is 2.71. The van der Waals surface area contributed by atoms with E-state index >= 15 is 0 Å². The van der Waals surface area contributed by atoms with E-state index in [-0.39, 0.29) is 17.5 Å². The van der Waals surface area contributed by atoms with Gasteiger partial charge in [-0.05, 0) is 43.2 Å². The zero-order chi connectivity index (χ0) is 17.8. The molecule has 0 saturated carbocycles. The predicted molar refractivity (Wildman–Crippen MR) is 90.2 cm³/mol. The van der Waals surface area contributed by atoms with Crippen LogP contribution in [0.25, 0.3) is 0 Å². The second-order valence-corrected chi connectivity index (χ2v) is 6.83. The van der Waals surface area contributed by atoms with Crippen molar-refractivity contribution in [3.63, 3.8) is 0 Å². The molecule has 0 N–H and O–H groups in total. The van der Waals surface area contributed by atoms with Crippen LogP contribution in [0.4, 0.5) is 5.88 Å². The molecule has 0 amide bonds. The van der Waals surface area contributed by atoms with E-state index in [1.54, 1.807) is 19.1 Å². The predicted octanol–water partition coefficient (Wildman–Crippen LogP) is 0.488. The van der Waals surface area contributed by atoms with E-state index in [1.807, 2.05) is 6.07 Å². The molecule has 1 aliphatic carbocycles. The number of aromatic nitrogens is 3. The van der Waals surface area contributed by atoms with Gasteiger partial charge in [-0.15, -0.1) is 0 Å². The second kappa shape index (κ2) is 7.53. The number of pyridine rings is 1. The lowest BCUT2D eigenvalue weighted by Crippen LogP contribution is -2.53. The highest BCUT2D eigenvalue weighted by molar-refractivity contribution is 7.99. The van der Waals surface area contributed by atoms with Crippen molar-refractivity contribution in [2.45, 2.75) is 30.7 Å². The van der Waals surface area contributed by atoms with Gasteiger partial charge in [-0.1, -0.05) is 11.8 Å². The van der Waals surface area contributed by atoms with Crippen LogP contribution in [0.1, 0.15) is 29.7 Å². The number of thioether (sulfide) groups is 1. The van der Waals surface area contributed by atoms with Gasteiger partial charge >= 0.3 is 5.88 Å². The maximum absolute atomic E-state index is 12.0. The van der Waals surface area contributed by atoms with Crippen molar-refractivity contribution >= 4 is 23.5 Å². The smallest absolute Gasteiger partial charge is 0.324 e. The summed E-state index contributed by atoms with van der Waals surface area (Å²) in [7, 11) is 3.57. The number of hydrogen-bond donors (Lipinski definition) is 0. The van der Waals surface area contributed by atoms with Gasteiger partial charge in [0.1, 0.15) is 11.1 Å². The van der Waals surface area contributed by atoms with Crippen LogP contribution in [0.2, 0.25) is 0 Å². The Morgan fingerprint density at radius 2 is 2.28 bits per heavy atom. The van der Waals surface area contributed by atoms with Crippen LogP contribution in [0, 0.1) is 11.3 Å². The molecule has 0 aromatic carbocycles. The summed E-state index contributed by atoms with van der Waals surface area (Å²) in [6.07, 6.45) is 5.65. The van der Waals surface area contributed by atoms with Crippen LogP contribution < -0.4 is 14.9 Å². The summed E-state index contributed by atoms with van der Waals surface area (Å²) in [5, 5.41) is 27.4. The van der Waals surface area contributed by atoms with Crippen LogP contribution in [0.15, 0.2) is 26.8 Å². The fraction of sp³-hybridized carbons (Fsp3) is 0.438. The van der Waals surface area contributed by atoms with Gasteiger partial charge in [-0.2, -0.15) is 10.3 Å².